The number of likely N-dealkylation sites (tertiary alicyclic amines) is 1. The molecule has 6 heteroatoms. The third kappa shape index (κ3) is 2.68. The Bertz CT molecular complexity index is 655. The van der Waals surface area contributed by atoms with Crippen molar-refractivity contribution in [2.45, 2.75) is 56.1 Å². The molecular formula is C16H23FN2O2S. The molecule has 3 rings (SSSR count). The second kappa shape index (κ2) is 5.28. The Morgan fingerprint density at radius 1 is 1.14 bits per heavy atom. The molecule has 0 aromatic heterocycles. The number of hydrogen-bond donors (Lipinski definition) is 0. The number of halogens is 1. The third-order valence-corrected chi connectivity index (χ3v) is 6.74. The molecule has 0 spiro atoms. The molecule has 2 unspecified atom stereocenters. The highest BCUT2D eigenvalue weighted by atomic mass is 32.2. The summed E-state index contributed by atoms with van der Waals surface area (Å²) in [7, 11) is -3.62. The van der Waals surface area contributed by atoms with Crippen molar-refractivity contribution in [1.82, 2.24) is 9.21 Å². The Hall–Kier alpha value is -0.980. The first-order valence-electron chi connectivity index (χ1n) is 7.74. The molecule has 2 atom stereocenters. The highest BCUT2D eigenvalue weighted by molar-refractivity contribution is 7.89. The van der Waals surface area contributed by atoms with Crippen molar-refractivity contribution in [2.24, 2.45) is 0 Å². The van der Waals surface area contributed by atoms with Gasteiger partial charge in [0.15, 0.2) is 0 Å². The van der Waals surface area contributed by atoms with Crippen LogP contribution in [-0.2, 0) is 10.0 Å². The van der Waals surface area contributed by atoms with Gasteiger partial charge in [-0.05, 0) is 51.8 Å². The first-order chi connectivity index (χ1) is 10.2. The van der Waals surface area contributed by atoms with Crippen LogP contribution in [-0.4, -0.2) is 48.3 Å². The van der Waals surface area contributed by atoms with Crippen LogP contribution in [0, 0.1) is 5.82 Å². The molecule has 2 aliphatic heterocycles. The van der Waals surface area contributed by atoms with Gasteiger partial charge in [-0.3, -0.25) is 4.90 Å². The summed E-state index contributed by atoms with van der Waals surface area (Å²) in [6.45, 7) is 7.96. The van der Waals surface area contributed by atoms with Gasteiger partial charge < -0.3 is 0 Å². The summed E-state index contributed by atoms with van der Waals surface area (Å²) in [4.78, 5) is 2.42. The molecule has 0 amide bonds. The monoisotopic (exact) mass is 326 g/mol. The van der Waals surface area contributed by atoms with Gasteiger partial charge in [-0.15, -0.1) is 0 Å². The zero-order valence-corrected chi connectivity index (χ0v) is 14.1. The Labute approximate surface area is 132 Å². The van der Waals surface area contributed by atoms with Crippen LogP contribution in [0.5, 0.6) is 0 Å². The quantitative estimate of drug-likeness (QED) is 0.838. The average molecular weight is 326 g/mol. The lowest BCUT2D eigenvalue weighted by Gasteiger charge is -2.45. The van der Waals surface area contributed by atoms with Crippen molar-refractivity contribution in [3.63, 3.8) is 0 Å². The molecule has 0 saturated carbocycles. The van der Waals surface area contributed by atoms with E-state index in [2.05, 4.69) is 25.7 Å². The van der Waals surface area contributed by atoms with Gasteiger partial charge in [-0.25, -0.2) is 12.8 Å². The van der Waals surface area contributed by atoms with Crippen molar-refractivity contribution in [3.8, 4) is 0 Å². The molecule has 2 heterocycles. The fourth-order valence-electron chi connectivity index (χ4n) is 3.55. The number of rotatable bonds is 2. The first kappa shape index (κ1) is 15.9. The Kier molecular flexibility index (Phi) is 3.82. The maximum Gasteiger partial charge on any atom is 0.243 e. The van der Waals surface area contributed by atoms with E-state index < -0.39 is 15.8 Å². The molecule has 1 aromatic carbocycles. The summed E-state index contributed by atoms with van der Waals surface area (Å²) in [5, 5.41) is 0. The molecular weight excluding hydrogens is 303 g/mol. The lowest BCUT2D eigenvalue weighted by atomic mass is 10.0. The van der Waals surface area contributed by atoms with Crippen molar-refractivity contribution < 1.29 is 12.8 Å². The van der Waals surface area contributed by atoms with Crippen LogP contribution < -0.4 is 0 Å². The van der Waals surface area contributed by atoms with Crippen molar-refractivity contribution in [1.29, 1.82) is 0 Å². The average Bonchev–Trinajstić information content (AvgIpc) is 2.69. The third-order valence-electron chi connectivity index (χ3n) is 4.74. The molecule has 2 bridgehead atoms. The fourth-order valence-corrected chi connectivity index (χ4v) is 5.44. The van der Waals surface area contributed by atoms with Crippen molar-refractivity contribution >= 4 is 10.0 Å². The second-order valence-electron chi connectivity index (χ2n) is 7.25. The van der Waals surface area contributed by atoms with Gasteiger partial charge >= 0.3 is 0 Å². The minimum Gasteiger partial charge on any atom is -0.295 e. The highest BCUT2D eigenvalue weighted by Gasteiger charge is 2.48. The van der Waals surface area contributed by atoms with Gasteiger partial charge in [0, 0.05) is 30.7 Å². The summed E-state index contributed by atoms with van der Waals surface area (Å²) in [6, 6.07) is 5.30. The van der Waals surface area contributed by atoms with E-state index in [-0.39, 0.29) is 22.5 Å². The van der Waals surface area contributed by atoms with Crippen LogP contribution in [0.3, 0.4) is 0 Å². The van der Waals surface area contributed by atoms with Crippen molar-refractivity contribution in [3.05, 3.63) is 30.1 Å². The van der Waals surface area contributed by atoms with Crippen LogP contribution in [0.15, 0.2) is 29.2 Å². The van der Waals surface area contributed by atoms with Crippen LogP contribution in [0.4, 0.5) is 4.39 Å². The number of hydrogen-bond acceptors (Lipinski definition) is 3. The van der Waals surface area contributed by atoms with E-state index >= 15 is 0 Å². The number of piperazine rings is 1. The number of nitrogens with zero attached hydrogens (tertiary/aromatic N) is 2. The van der Waals surface area contributed by atoms with E-state index in [0.717, 1.165) is 32.0 Å². The molecule has 2 aliphatic rings. The minimum atomic E-state index is -3.62. The van der Waals surface area contributed by atoms with E-state index in [4.69, 9.17) is 0 Å². The largest absolute Gasteiger partial charge is 0.295 e. The predicted molar refractivity (Wildman–Crippen MR) is 83.6 cm³/mol. The van der Waals surface area contributed by atoms with E-state index in [1.807, 2.05) is 0 Å². The first-order valence-corrected chi connectivity index (χ1v) is 9.18. The summed E-state index contributed by atoms with van der Waals surface area (Å²) in [5.41, 5.74) is 0.0372. The summed E-state index contributed by atoms with van der Waals surface area (Å²) in [6.07, 6.45) is 1.76. The maximum absolute atomic E-state index is 13.4. The topological polar surface area (TPSA) is 40.6 Å². The van der Waals surface area contributed by atoms with Crippen LogP contribution in [0.2, 0.25) is 0 Å². The standard InChI is InChI=1S/C16H23FN2O2S/c1-16(2,3)18-10-13-7-8-14(11-18)19(13)22(20,21)15-6-4-5-12(17)9-15/h4-6,9,13-14H,7-8,10-11H2,1-3H3. The highest BCUT2D eigenvalue weighted by Crippen LogP contribution is 2.37. The second-order valence-corrected chi connectivity index (χ2v) is 9.10. The summed E-state index contributed by atoms with van der Waals surface area (Å²) < 4.78 is 40.8. The van der Waals surface area contributed by atoms with E-state index in [9.17, 15) is 12.8 Å². The predicted octanol–water partition coefficient (Wildman–Crippen LogP) is 2.46. The molecule has 0 aliphatic carbocycles. The number of sulfonamides is 1. The maximum atomic E-state index is 13.4. The van der Waals surface area contributed by atoms with Gasteiger partial charge in [-0.2, -0.15) is 4.31 Å². The summed E-state index contributed by atoms with van der Waals surface area (Å²) >= 11 is 0. The van der Waals surface area contributed by atoms with Gasteiger partial charge in [-0.1, -0.05) is 6.07 Å². The molecule has 2 saturated heterocycles. The number of benzene rings is 1. The van der Waals surface area contributed by atoms with E-state index in [1.54, 1.807) is 4.31 Å². The van der Waals surface area contributed by atoms with E-state index in [0.29, 0.717) is 0 Å². The van der Waals surface area contributed by atoms with E-state index in [1.165, 1.54) is 18.2 Å². The lowest BCUT2D eigenvalue weighted by Crippen LogP contribution is -2.59. The van der Waals surface area contributed by atoms with Crippen molar-refractivity contribution in [2.75, 3.05) is 13.1 Å². The molecule has 22 heavy (non-hydrogen) atoms. The number of fused-ring (bicyclic) bond motifs is 2. The minimum absolute atomic E-state index is 0.00811. The SMILES string of the molecule is CC(C)(C)N1CC2CCC(C1)N2S(=O)(=O)c1cccc(F)c1. The van der Waals surface area contributed by atoms with Gasteiger partial charge in [0.25, 0.3) is 0 Å². The van der Waals surface area contributed by atoms with Gasteiger partial charge in [0.05, 0.1) is 4.90 Å². The Morgan fingerprint density at radius 2 is 1.73 bits per heavy atom. The van der Waals surface area contributed by atoms with Crippen LogP contribution in [0.25, 0.3) is 0 Å². The summed E-state index contributed by atoms with van der Waals surface area (Å²) in [5.74, 6) is -0.512. The molecule has 2 fully saturated rings. The smallest absolute Gasteiger partial charge is 0.243 e. The molecule has 122 valence electrons. The fraction of sp³-hybridized carbons (Fsp3) is 0.625. The molecule has 0 N–H and O–H groups in total. The Balaban J connectivity index is 1.91. The van der Waals surface area contributed by atoms with Gasteiger partial charge in [0.1, 0.15) is 5.82 Å². The normalized spacial score (nSPS) is 27.3. The molecule has 0 radical (unpaired) electrons. The zero-order valence-electron chi connectivity index (χ0n) is 13.3. The van der Waals surface area contributed by atoms with Crippen LogP contribution in [0.1, 0.15) is 33.6 Å². The zero-order chi connectivity index (χ0) is 16.1. The lowest BCUT2D eigenvalue weighted by molar-refractivity contribution is 0.0546. The molecule has 4 nitrogen and oxygen atoms in total. The Morgan fingerprint density at radius 3 is 2.23 bits per heavy atom. The van der Waals surface area contributed by atoms with Crippen LogP contribution >= 0.6 is 0 Å². The molecule has 1 aromatic rings. The van der Waals surface area contributed by atoms with Gasteiger partial charge in [0.2, 0.25) is 10.0 Å².